The van der Waals surface area contributed by atoms with Crippen LogP contribution >= 0.6 is 36.2 Å². The number of thiazole rings is 1. The van der Waals surface area contributed by atoms with Crippen LogP contribution in [0.3, 0.4) is 0 Å². The third-order valence-electron chi connectivity index (χ3n) is 3.99. The smallest absolute Gasteiger partial charge is 0.337 e. The molecule has 10 heteroatoms. The number of benzene rings is 1. The highest BCUT2D eigenvalue weighted by molar-refractivity contribution is 7.13. The van der Waals surface area contributed by atoms with Gasteiger partial charge < -0.3 is 10.6 Å². The Balaban J connectivity index is 0.00000169. The van der Waals surface area contributed by atoms with E-state index in [2.05, 4.69) is 4.98 Å². The van der Waals surface area contributed by atoms with Gasteiger partial charge in [0.1, 0.15) is 10.7 Å². The fraction of sp³-hybridized carbons (Fsp3) is 0.375. The van der Waals surface area contributed by atoms with Crippen molar-refractivity contribution in [3.63, 3.8) is 0 Å². The zero-order valence-corrected chi connectivity index (χ0v) is 16.0. The summed E-state index contributed by atoms with van der Waals surface area (Å²) in [6.45, 7) is 1.16. The number of amides is 1. The second kappa shape index (κ2) is 9.03. The van der Waals surface area contributed by atoms with E-state index in [1.165, 1.54) is 6.07 Å². The van der Waals surface area contributed by atoms with Gasteiger partial charge >= 0.3 is 6.18 Å². The third kappa shape index (κ3) is 5.09. The largest absolute Gasteiger partial charge is 0.416 e. The standard InChI is InChI=1S/C16H16F3N3OS.2ClH/c17-16(18,19)11-3-1-2-10(8-11)14-21-13(9-24-14)15(23)22-6-4-12(20)5-7-22;;/h1-3,8-9,12H,4-7,20H2;2*1H. The van der Waals surface area contributed by atoms with Crippen LogP contribution in [0.4, 0.5) is 13.2 Å². The van der Waals surface area contributed by atoms with E-state index >= 15 is 0 Å². The number of likely N-dealkylation sites (tertiary alicyclic amines) is 1. The highest BCUT2D eigenvalue weighted by atomic mass is 35.5. The molecular weight excluding hydrogens is 410 g/mol. The summed E-state index contributed by atoms with van der Waals surface area (Å²) in [7, 11) is 0. The molecule has 1 aromatic heterocycles. The number of carbonyl (C=O) groups is 1. The number of hydrogen-bond donors (Lipinski definition) is 1. The lowest BCUT2D eigenvalue weighted by Crippen LogP contribution is -2.42. The summed E-state index contributed by atoms with van der Waals surface area (Å²) >= 11 is 1.16. The van der Waals surface area contributed by atoms with Crippen molar-refractivity contribution >= 4 is 42.1 Å². The SMILES string of the molecule is Cl.Cl.NC1CCN(C(=O)c2csc(-c3cccc(C(F)(F)F)c3)n2)CC1. The summed E-state index contributed by atoms with van der Waals surface area (Å²) in [6.07, 6.45) is -2.91. The molecule has 0 radical (unpaired) electrons. The molecule has 2 N–H and O–H groups in total. The van der Waals surface area contributed by atoms with E-state index in [0.717, 1.165) is 36.3 Å². The molecule has 3 rings (SSSR count). The minimum atomic E-state index is -4.40. The van der Waals surface area contributed by atoms with Gasteiger partial charge in [0.2, 0.25) is 0 Å². The van der Waals surface area contributed by atoms with Crippen molar-refractivity contribution in [2.75, 3.05) is 13.1 Å². The zero-order valence-electron chi connectivity index (χ0n) is 13.5. The molecule has 2 heterocycles. The average molecular weight is 428 g/mol. The molecule has 144 valence electrons. The number of nitrogens with two attached hydrogens (primary N) is 1. The normalized spacial score (nSPS) is 15.2. The molecule has 4 nitrogen and oxygen atoms in total. The zero-order chi connectivity index (χ0) is 17.3. The first kappa shape index (κ1) is 22.7. The van der Waals surface area contributed by atoms with Gasteiger partial charge in [0, 0.05) is 30.1 Å². The van der Waals surface area contributed by atoms with Crippen molar-refractivity contribution in [3.05, 3.63) is 40.9 Å². The molecule has 0 atom stereocenters. The van der Waals surface area contributed by atoms with Gasteiger partial charge in [-0.3, -0.25) is 4.79 Å². The Morgan fingerprint density at radius 2 is 1.88 bits per heavy atom. The van der Waals surface area contributed by atoms with Crippen molar-refractivity contribution in [3.8, 4) is 10.6 Å². The van der Waals surface area contributed by atoms with Crippen LogP contribution in [-0.2, 0) is 6.18 Å². The monoisotopic (exact) mass is 427 g/mol. The molecule has 0 unspecified atom stereocenters. The van der Waals surface area contributed by atoms with Gasteiger partial charge in [-0.25, -0.2) is 4.98 Å². The lowest BCUT2D eigenvalue weighted by atomic mass is 10.1. The van der Waals surface area contributed by atoms with E-state index in [1.54, 1.807) is 16.3 Å². The van der Waals surface area contributed by atoms with Gasteiger partial charge in [-0.2, -0.15) is 13.2 Å². The Morgan fingerprint density at radius 3 is 2.50 bits per heavy atom. The van der Waals surface area contributed by atoms with Gasteiger partial charge in [0.25, 0.3) is 5.91 Å². The Morgan fingerprint density at radius 1 is 1.23 bits per heavy atom. The highest BCUT2D eigenvalue weighted by Crippen LogP contribution is 2.33. The summed E-state index contributed by atoms with van der Waals surface area (Å²) in [6, 6.07) is 5.08. The molecular formula is C16H18Cl2F3N3OS. The van der Waals surface area contributed by atoms with Crippen molar-refractivity contribution in [2.24, 2.45) is 5.73 Å². The van der Waals surface area contributed by atoms with Crippen LogP contribution in [0.15, 0.2) is 29.6 Å². The van der Waals surface area contributed by atoms with E-state index in [1.807, 2.05) is 0 Å². The van der Waals surface area contributed by atoms with E-state index in [4.69, 9.17) is 5.73 Å². The van der Waals surface area contributed by atoms with Gasteiger partial charge in [0.15, 0.2) is 0 Å². The number of alkyl halides is 3. The van der Waals surface area contributed by atoms with Crippen LogP contribution in [-0.4, -0.2) is 34.9 Å². The fourth-order valence-electron chi connectivity index (χ4n) is 2.60. The van der Waals surface area contributed by atoms with E-state index in [0.29, 0.717) is 23.7 Å². The molecule has 1 aromatic carbocycles. The van der Waals surface area contributed by atoms with Gasteiger partial charge in [-0.15, -0.1) is 36.2 Å². The molecule has 1 fully saturated rings. The maximum atomic E-state index is 12.8. The molecule has 0 aliphatic carbocycles. The van der Waals surface area contributed by atoms with E-state index in [9.17, 15) is 18.0 Å². The molecule has 1 saturated heterocycles. The molecule has 0 saturated carbocycles. The number of rotatable bonds is 2. The number of hydrogen-bond acceptors (Lipinski definition) is 4. The van der Waals surface area contributed by atoms with Crippen molar-refractivity contribution < 1.29 is 18.0 Å². The Hall–Kier alpha value is -1.35. The van der Waals surface area contributed by atoms with Crippen LogP contribution in [0, 0.1) is 0 Å². The lowest BCUT2D eigenvalue weighted by Gasteiger charge is -2.29. The van der Waals surface area contributed by atoms with E-state index < -0.39 is 11.7 Å². The number of carbonyl (C=O) groups excluding carboxylic acids is 1. The van der Waals surface area contributed by atoms with Crippen LogP contribution in [0.1, 0.15) is 28.9 Å². The molecule has 1 amide bonds. The quantitative estimate of drug-likeness (QED) is 0.779. The molecule has 1 aliphatic heterocycles. The summed E-state index contributed by atoms with van der Waals surface area (Å²) in [5.41, 5.74) is 5.72. The Labute approximate surface area is 165 Å². The summed E-state index contributed by atoms with van der Waals surface area (Å²) in [5.74, 6) is -0.198. The summed E-state index contributed by atoms with van der Waals surface area (Å²) in [4.78, 5) is 18.3. The van der Waals surface area contributed by atoms with Crippen molar-refractivity contribution in [1.29, 1.82) is 0 Å². The number of nitrogens with zero attached hydrogens (tertiary/aromatic N) is 2. The number of piperidine rings is 1. The van der Waals surface area contributed by atoms with Gasteiger partial charge in [-0.05, 0) is 25.0 Å². The first-order chi connectivity index (χ1) is 11.3. The summed E-state index contributed by atoms with van der Waals surface area (Å²) < 4.78 is 38.4. The maximum Gasteiger partial charge on any atom is 0.416 e. The average Bonchev–Trinajstić information content (AvgIpc) is 3.04. The Bertz CT molecular complexity index is 746. The number of halogens is 5. The molecule has 1 aliphatic rings. The molecule has 0 bridgehead atoms. The van der Waals surface area contributed by atoms with Crippen LogP contribution in [0.2, 0.25) is 0 Å². The summed E-state index contributed by atoms with van der Waals surface area (Å²) in [5, 5.41) is 1.99. The Kier molecular flexibility index (Phi) is 7.88. The minimum absolute atomic E-state index is 0. The number of aromatic nitrogens is 1. The predicted molar refractivity (Wildman–Crippen MR) is 100 cm³/mol. The maximum absolute atomic E-state index is 12.8. The topological polar surface area (TPSA) is 59.2 Å². The van der Waals surface area contributed by atoms with Crippen LogP contribution < -0.4 is 5.73 Å². The molecule has 0 spiro atoms. The van der Waals surface area contributed by atoms with Gasteiger partial charge in [0.05, 0.1) is 5.56 Å². The van der Waals surface area contributed by atoms with Crippen LogP contribution in [0.5, 0.6) is 0 Å². The first-order valence-electron chi connectivity index (χ1n) is 7.52. The minimum Gasteiger partial charge on any atom is -0.337 e. The first-order valence-corrected chi connectivity index (χ1v) is 8.40. The third-order valence-corrected chi connectivity index (χ3v) is 4.88. The fourth-order valence-corrected chi connectivity index (χ4v) is 3.39. The molecule has 2 aromatic rings. The second-order valence-electron chi connectivity index (χ2n) is 5.75. The van der Waals surface area contributed by atoms with Crippen LogP contribution in [0.25, 0.3) is 10.6 Å². The predicted octanol–water partition coefficient (Wildman–Crippen LogP) is 4.24. The molecule has 26 heavy (non-hydrogen) atoms. The second-order valence-corrected chi connectivity index (χ2v) is 6.60. The lowest BCUT2D eigenvalue weighted by molar-refractivity contribution is -0.137. The van der Waals surface area contributed by atoms with Crippen molar-refractivity contribution in [2.45, 2.75) is 25.1 Å². The van der Waals surface area contributed by atoms with Crippen molar-refractivity contribution in [1.82, 2.24) is 9.88 Å². The van der Waals surface area contributed by atoms with E-state index in [-0.39, 0.29) is 42.5 Å². The van der Waals surface area contributed by atoms with Gasteiger partial charge in [-0.1, -0.05) is 12.1 Å². The highest BCUT2D eigenvalue weighted by Gasteiger charge is 2.31.